The minimum atomic E-state index is -0.569. The molecule has 2 rings (SSSR count). The quantitative estimate of drug-likeness (QED) is 0.617. The lowest BCUT2D eigenvalue weighted by molar-refractivity contribution is -0.385. The summed E-state index contributed by atoms with van der Waals surface area (Å²) in [6.45, 7) is 0. The number of nitrogens with zero attached hydrogens (tertiary/aromatic N) is 3. The topological polar surface area (TPSA) is 79.8 Å². The monoisotopic (exact) mass is 263 g/mol. The largest absolute Gasteiger partial charge is 0.305 e. The van der Waals surface area contributed by atoms with Crippen molar-refractivity contribution in [2.45, 2.75) is 42.4 Å². The highest BCUT2D eigenvalue weighted by molar-refractivity contribution is 7.99. The summed E-state index contributed by atoms with van der Waals surface area (Å²) in [7, 11) is 0. The lowest BCUT2D eigenvalue weighted by Gasteiger charge is -2.20. The van der Waals surface area contributed by atoms with E-state index in [1.54, 1.807) is 23.9 Å². The van der Waals surface area contributed by atoms with Crippen LogP contribution >= 0.6 is 11.8 Å². The molecule has 1 aliphatic carbocycles. The molecule has 1 fully saturated rings. The summed E-state index contributed by atoms with van der Waals surface area (Å²) in [6, 6.07) is 4.80. The van der Waals surface area contributed by atoms with Gasteiger partial charge < -0.3 is 0 Å². The Morgan fingerprint density at radius 2 is 2.11 bits per heavy atom. The molecule has 0 aromatic carbocycles. The third-order valence-corrected chi connectivity index (χ3v) is 4.26. The van der Waals surface area contributed by atoms with E-state index in [-0.39, 0.29) is 11.4 Å². The van der Waals surface area contributed by atoms with Gasteiger partial charge in [0, 0.05) is 11.3 Å². The molecule has 1 saturated carbocycles. The van der Waals surface area contributed by atoms with Crippen LogP contribution in [0.25, 0.3) is 0 Å². The SMILES string of the molecule is N#Cc1nc(SC2CCCCC2)ccc1[N+](=O)[O-]. The lowest BCUT2D eigenvalue weighted by Crippen LogP contribution is -2.08. The van der Waals surface area contributed by atoms with Crippen molar-refractivity contribution in [3.05, 3.63) is 27.9 Å². The molecule has 5 nitrogen and oxygen atoms in total. The Hall–Kier alpha value is -1.61. The first kappa shape index (κ1) is 12.8. The Balaban J connectivity index is 2.14. The van der Waals surface area contributed by atoms with Crippen molar-refractivity contribution in [2.24, 2.45) is 0 Å². The van der Waals surface area contributed by atoms with Crippen LogP contribution in [0.1, 0.15) is 37.8 Å². The minimum Gasteiger partial charge on any atom is -0.258 e. The molecule has 94 valence electrons. The summed E-state index contributed by atoms with van der Waals surface area (Å²) in [5.41, 5.74) is -0.314. The molecule has 0 atom stereocenters. The number of rotatable bonds is 3. The summed E-state index contributed by atoms with van der Waals surface area (Å²) in [5.74, 6) is 0. The molecule has 1 aliphatic rings. The van der Waals surface area contributed by atoms with E-state index >= 15 is 0 Å². The third-order valence-electron chi connectivity index (χ3n) is 2.99. The van der Waals surface area contributed by atoms with Gasteiger partial charge in [0.25, 0.3) is 0 Å². The molecular weight excluding hydrogens is 250 g/mol. The van der Waals surface area contributed by atoms with Gasteiger partial charge in [-0.2, -0.15) is 5.26 Å². The van der Waals surface area contributed by atoms with E-state index in [9.17, 15) is 10.1 Å². The van der Waals surface area contributed by atoms with Gasteiger partial charge in [-0.25, -0.2) is 4.98 Å². The molecule has 1 aromatic rings. The van der Waals surface area contributed by atoms with E-state index in [1.165, 1.54) is 25.3 Å². The maximum atomic E-state index is 10.7. The van der Waals surface area contributed by atoms with Crippen LogP contribution in [0.2, 0.25) is 0 Å². The van der Waals surface area contributed by atoms with Crippen molar-refractivity contribution in [3.8, 4) is 6.07 Å². The molecule has 0 radical (unpaired) electrons. The summed E-state index contributed by atoms with van der Waals surface area (Å²) < 4.78 is 0. The standard InChI is InChI=1S/C12H13N3O2S/c13-8-10-11(15(16)17)6-7-12(14-10)18-9-4-2-1-3-5-9/h6-7,9H,1-5H2. The minimum absolute atomic E-state index is 0.0965. The van der Waals surface area contributed by atoms with E-state index in [0.717, 1.165) is 12.8 Å². The van der Waals surface area contributed by atoms with Crippen molar-refractivity contribution in [2.75, 3.05) is 0 Å². The van der Waals surface area contributed by atoms with Gasteiger partial charge in [-0.1, -0.05) is 19.3 Å². The number of nitro groups is 1. The van der Waals surface area contributed by atoms with Gasteiger partial charge >= 0.3 is 5.69 Å². The van der Waals surface area contributed by atoms with Gasteiger partial charge in [0.1, 0.15) is 6.07 Å². The van der Waals surface area contributed by atoms with Crippen molar-refractivity contribution in [3.63, 3.8) is 0 Å². The Morgan fingerprint density at radius 3 is 2.72 bits per heavy atom. The zero-order chi connectivity index (χ0) is 13.0. The van der Waals surface area contributed by atoms with E-state index < -0.39 is 4.92 Å². The van der Waals surface area contributed by atoms with Crippen molar-refractivity contribution in [1.82, 2.24) is 4.98 Å². The summed E-state index contributed by atoms with van der Waals surface area (Å²) in [5, 5.41) is 20.8. The first-order valence-electron chi connectivity index (χ1n) is 5.93. The first-order chi connectivity index (χ1) is 8.70. The van der Waals surface area contributed by atoms with Gasteiger partial charge in [0.2, 0.25) is 5.69 Å². The Kier molecular flexibility index (Phi) is 4.15. The van der Waals surface area contributed by atoms with E-state index in [0.29, 0.717) is 10.3 Å². The second-order valence-corrected chi connectivity index (χ2v) is 5.58. The molecule has 18 heavy (non-hydrogen) atoms. The third kappa shape index (κ3) is 2.99. The molecule has 0 saturated heterocycles. The average Bonchev–Trinajstić information content (AvgIpc) is 2.39. The molecule has 1 heterocycles. The number of thioether (sulfide) groups is 1. The highest BCUT2D eigenvalue weighted by atomic mass is 32.2. The van der Waals surface area contributed by atoms with Gasteiger partial charge in [-0.15, -0.1) is 11.8 Å². The second-order valence-electron chi connectivity index (χ2n) is 4.26. The fraction of sp³-hybridized carbons (Fsp3) is 0.500. The van der Waals surface area contributed by atoms with Crippen molar-refractivity contribution >= 4 is 17.4 Å². The zero-order valence-electron chi connectivity index (χ0n) is 9.83. The predicted molar refractivity (Wildman–Crippen MR) is 68.3 cm³/mol. The number of hydrogen-bond acceptors (Lipinski definition) is 5. The van der Waals surface area contributed by atoms with Crippen molar-refractivity contribution < 1.29 is 4.92 Å². The zero-order valence-corrected chi connectivity index (χ0v) is 10.7. The van der Waals surface area contributed by atoms with Crippen LogP contribution in [0.4, 0.5) is 5.69 Å². The fourth-order valence-corrected chi connectivity index (χ4v) is 3.28. The molecule has 6 heteroatoms. The Morgan fingerprint density at radius 1 is 1.39 bits per heavy atom. The molecule has 0 spiro atoms. The predicted octanol–water partition coefficient (Wildman–Crippen LogP) is 3.29. The highest BCUT2D eigenvalue weighted by Gasteiger charge is 2.19. The van der Waals surface area contributed by atoms with E-state index in [4.69, 9.17) is 5.26 Å². The smallest absolute Gasteiger partial charge is 0.258 e. The summed E-state index contributed by atoms with van der Waals surface area (Å²) >= 11 is 1.63. The van der Waals surface area contributed by atoms with Gasteiger partial charge in [-0.05, 0) is 18.9 Å². The maximum absolute atomic E-state index is 10.7. The van der Waals surface area contributed by atoms with Crippen LogP contribution < -0.4 is 0 Å². The van der Waals surface area contributed by atoms with Crippen LogP contribution in [-0.4, -0.2) is 15.2 Å². The van der Waals surface area contributed by atoms with Crippen LogP contribution in [-0.2, 0) is 0 Å². The summed E-state index contributed by atoms with van der Waals surface area (Å²) in [6.07, 6.45) is 6.07. The van der Waals surface area contributed by atoms with Gasteiger partial charge in [0.15, 0.2) is 0 Å². The molecule has 0 N–H and O–H groups in total. The molecule has 1 aromatic heterocycles. The second kappa shape index (κ2) is 5.83. The van der Waals surface area contributed by atoms with Crippen LogP contribution in [0, 0.1) is 21.4 Å². The van der Waals surface area contributed by atoms with Crippen molar-refractivity contribution in [1.29, 1.82) is 5.26 Å². The number of aromatic nitrogens is 1. The molecule has 0 aliphatic heterocycles. The fourth-order valence-electron chi connectivity index (χ4n) is 2.08. The maximum Gasteiger partial charge on any atom is 0.305 e. The lowest BCUT2D eigenvalue weighted by atomic mass is 10.0. The molecule has 0 bridgehead atoms. The number of nitriles is 1. The number of pyridine rings is 1. The Bertz CT molecular complexity index is 493. The van der Waals surface area contributed by atoms with Gasteiger partial charge in [-0.3, -0.25) is 10.1 Å². The van der Waals surface area contributed by atoms with E-state index in [1.807, 2.05) is 0 Å². The molecular formula is C12H13N3O2S. The number of hydrogen-bond donors (Lipinski definition) is 0. The Labute approximate surface area is 109 Å². The summed E-state index contributed by atoms with van der Waals surface area (Å²) in [4.78, 5) is 14.2. The molecule has 0 amide bonds. The first-order valence-corrected chi connectivity index (χ1v) is 6.81. The van der Waals surface area contributed by atoms with E-state index in [2.05, 4.69) is 4.98 Å². The van der Waals surface area contributed by atoms with Gasteiger partial charge in [0.05, 0.1) is 9.95 Å². The molecule has 0 unspecified atom stereocenters. The normalized spacial score (nSPS) is 16.2. The highest BCUT2D eigenvalue weighted by Crippen LogP contribution is 2.33. The van der Waals surface area contributed by atoms with Crippen LogP contribution in [0.3, 0.4) is 0 Å². The van der Waals surface area contributed by atoms with Crippen LogP contribution in [0.5, 0.6) is 0 Å². The average molecular weight is 263 g/mol. The van der Waals surface area contributed by atoms with Crippen LogP contribution in [0.15, 0.2) is 17.2 Å².